The van der Waals surface area contributed by atoms with Crippen molar-refractivity contribution in [2.24, 2.45) is 23.0 Å². The number of nitrogens with one attached hydrogen (secondary N) is 1. The lowest BCUT2D eigenvalue weighted by Gasteiger charge is -2.54. The summed E-state index contributed by atoms with van der Waals surface area (Å²) in [4.78, 5) is 12.1. The van der Waals surface area contributed by atoms with Crippen LogP contribution in [0, 0.1) is 17.3 Å². The van der Waals surface area contributed by atoms with Crippen LogP contribution in [0.5, 0.6) is 0 Å². The Morgan fingerprint density at radius 2 is 2.17 bits per heavy atom. The highest BCUT2D eigenvalue weighted by Crippen LogP contribution is 2.52. The van der Waals surface area contributed by atoms with Gasteiger partial charge in [0.25, 0.3) is 0 Å². The van der Waals surface area contributed by atoms with E-state index in [1.54, 1.807) is 0 Å². The molecule has 0 aromatic rings. The van der Waals surface area contributed by atoms with Crippen LogP contribution in [0.1, 0.15) is 40.5 Å². The van der Waals surface area contributed by atoms with Gasteiger partial charge in [0.1, 0.15) is 0 Å². The van der Waals surface area contributed by atoms with Crippen LogP contribution in [-0.2, 0) is 9.53 Å². The number of carbonyl (C=O) groups excluding carboxylic acids is 1. The van der Waals surface area contributed by atoms with Gasteiger partial charge in [0.2, 0.25) is 5.91 Å². The highest BCUT2D eigenvalue weighted by molar-refractivity contribution is 5.82. The molecule has 0 aromatic carbocycles. The first kappa shape index (κ1) is 13.8. The fraction of sp³-hybridized carbons (Fsp3) is 0.929. The van der Waals surface area contributed by atoms with Gasteiger partial charge in [-0.3, -0.25) is 4.79 Å². The zero-order valence-electron chi connectivity index (χ0n) is 11.9. The summed E-state index contributed by atoms with van der Waals surface area (Å²) >= 11 is 0. The van der Waals surface area contributed by atoms with Crippen LogP contribution in [0.25, 0.3) is 0 Å². The molecular formula is C14H26N2O2. The van der Waals surface area contributed by atoms with E-state index < -0.39 is 0 Å². The maximum atomic E-state index is 12.1. The summed E-state index contributed by atoms with van der Waals surface area (Å²) in [5.41, 5.74) is 5.96. The van der Waals surface area contributed by atoms with Gasteiger partial charge in [0, 0.05) is 24.0 Å². The number of nitrogens with two attached hydrogens (primary N) is 1. The van der Waals surface area contributed by atoms with E-state index in [1.165, 1.54) is 0 Å². The second-order valence-corrected chi connectivity index (χ2v) is 6.79. The van der Waals surface area contributed by atoms with Gasteiger partial charge in [-0.05, 0) is 18.8 Å². The van der Waals surface area contributed by atoms with Crippen molar-refractivity contribution < 1.29 is 9.53 Å². The summed E-state index contributed by atoms with van der Waals surface area (Å²) in [5, 5.41) is 3.14. The first-order valence-corrected chi connectivity index (χ1v) is 7.01. The lowest BCUT2D eigenvalue weighted by Crippen LogP contribution is -2.68. The highest BCUT2D eigenvalue weighted by Gasteiger charge is 2.59. The Morgan fingerprint density at radius 3 is 2.78 bits per heavy atom. The van der Waals surface area contributed by atoms with E-state index in [0.717, 1.165) is 19.4 Å². The fourth-order valence-corrected chi connectivity index (χ4v) is 3.49. The highest BCUT2D eigenvalue weighted by atomic mass is 16.5. The van der Waals surface area contributed by atoms with Crippen LogP contribution in [-0.4, -0.2) is 30.7 Å². The molecule has 18 heavy (non-hydrogen) atoms. The molecule has 104 valence electrons. The van der Waals surface area contributed by atoms with Gasteiger partial charge >= 0.3 is 0 Å². The zero-order chi connectivity index (χ0) is 13.5. The molecule has 1 aliphatic carbocycles. The van der Waals surface area contributed by atoms with E-state index in [1.807, 2.05) is 0 Å². The third kappa shape index (κ3) is 2.28. The van der Waals surface area contributed by atoms with Crippen LogP contribution < -0.4 is 11.1 Å². The standard InChI is InChI=1S/C14H26N2O2/c1-8(2)7-10(15)13(17)16-11-9-5-6-18-12(9)14(11,3)4/h8-12H,5-7,15H2,1-4H3,(H,16,17)/t9?,10-,11?,12?/m0/s1. The molecule has 1 saturated heterocycles. The van der Waals surface area contributed by atoms with Gasteiger partial charge in [0.05, 0.1) is 12.1 Å². The fourth-order valence-electron chi connectivity index (χ4n) is 3.49. The molecule has 3 N–H and O–H groups in total. The van der Waals surface area contributed by atoms with Gasteiger partial charge in [-0.1, -0.05) is 27.7 Å². The average Bonchev–Trinajstić information content (AvgIpc) is 2.70. The molecule has 4 heteroatoms. The van der Waals surface area contributed by atoms with Gasteiger partial charge in [-0.25, -0.2) is 0 Å². The molecule has 0 spiro atoms. The maximum Gasteiger partial charge on any atom is 0.237 e. The molecule has 1 aliphatic heterocycles. The molecule has 2 rings (SSSR count). The average molecular weight is 254 g/mol. The molecule has 1 heterocycles. The summed E-state index contributed by atoms with van der Waals surface area (Å²) < 4.78 is 5.72. The molecule has 3 unspecified atom stereocenters. The number of hydrogen-bond donors (Lipinski definition) is 2. The summed E-state index contributed by atoms with van der Waals surface area (Å²) in [6.07, 6.45) is 2.10. The molecule has 0 radical (unpaired) electrons. The van der Waals surface area contributed by atoms with Crippen molar-refractivity contribution in [3.8, 4) is 0 Å². The van der Waals surface area contributed by atoms with Crippen molar-refractivity contribution in [2.45, 2.75) is 58.7 Å². The molecule has 1 saturated carbocycles. The van der Waals surface area contributed by atoms with E-state index in [0.29, 0.717) is 17.9 Å². The minimum Gasteiger partial charge on any atom is -0.377 e. The predicted molar refractivity (Wildman–Crippen MR) is 71.0 cm³/mol. The lowest BCUT2D eigenvalue weighted by molar-refractivity contribution is -0.139. The number of rotatable bonds is 4. The van der Waals surface area contributed by atoms with Crippen molar-refractivity contribution in [3.05, 3.63) is 0 Å². The summed E-state index contributed by atoms with van der Waals surface area (Å²) in [6.45, 7) is 9.32. The molecule has 2 fully saturated rings. The number of carbonyl (C=O) groups is 1. The quantitative estimate of drug-likeness (QED) is 0.794. The molecule has 4 atom stereocenters. The van der Waals surface area contributed by atoms with E-state index in [2.05, 4.69) is 33.0 Å². The maximum absolute atomic E-state index is 12.1. The van der Waals surface area contributed by atoms with Gasteiger partial charge in [0.15, 0.2) is 0 Å². The second kappa shape index (κ2) is 4.82. The summed E-state index contributed by atoms with van der Waals surface area (Å²) in [5.74, 6) is 0.921. The number of hydrogen-bond acceptors (Lipinski definition) is 3. The number of amides is 1. The number of fused-ring (bicyclic) bond motifs is 1. The molecule has 0 aromatic heterocycles. The van der Waals surface area contributed by atoms with Crippen molar-refractivity contribution in [1.29, 1.82) is 0 Å². The minimum absolute atomic E-state index is 0.00729. The Labute approximate surface area is 110 Å². The predicted octanol–water partition coefficient (Wildman–Crippen LogP) is 1.29. The Hall–Kier alpha value is -0.610. The first-order chi connectivity index (χ1) is 8.34. The Kier molecular flexibility index (Phi) is 3.70. The Balaban J connectivity index is 1.91. The van der Waals surface area contributed by atoms with Crippen molar-refractivity contribution in [3.63, 3.8) is 0 Å². The Morgan fingerprint density at radius 1 is 1.50 bits per heavy atom. The van der Waals surface area contributed by atoms with Crippen LogP contribution in [0.4, 0.5) is 0 Å². The SMILES string of the molecule is CC(C)C[C@H](N)C(=O)NC1C2CCOC2C1(C)C. The van der Waals surface area contributed by atoms with Crippen LogP contribution >= 0.6 is 0 Å². The first-order valence-electron chi connectivity index (χ1n) is 7.01. The summed E-state index contributed by atoms with van der Waals surface area (Å²) in [7, 11) is 0. The largest absolute Gasteiger partial charge is 0.377 e. The molecule has 2 aliphatic rings. The van der Waals surface area contributed by atoms with Crippen molar-refractivity contribution in [1.82, 2.24) is 5.32 Å². The molecule has 4 nitrogen and oxygen atoms in total. The monoisotopic (exact) mass is 254 g/mol. The van der Waals surface area contributed by atoms with E-state index >= 15 is 0 Å². The van der Waals surface area contributed by atoms with E-state index in [4.69, 9.17) is 10.5 Å². The molecule has 1 amide bonds. The summed E-state index contributed by atoms with van der Waals surface area (Å²) in [6, 6.07) is -0.169. The second-order valence-electron chi connectivity index (χ2n) is 6.79. The normalized spacial score (nSPS) is 34.9. The minimum atomic E-state index is -0.387. The molecular weight excluding hydrogens is 228 g/mol. The molecule has 0 bridgehead atoms. The van der Waals surface area contributed by atoms with Crippen molar-refractivity contribution in [2.75, 3.05) is 6.61 Å². The third-order valence-corrected chi connectivity index (χ3v) is 4.46. The van der Waals surface area contributed by atoms with Crippen molar-refractivity contribution >= 4 is 5.91 Å². The third-order valence-electron chi connectivity index (χ3n) is 4.46. The van der Waals surface area contributed by atoms with Gasteiger partial charge in [-0.15, -0.1) is 0 Å². The van der Waals surface area contributed by atoms with Crippen LogP contribution in [0.15, 0.2) is 0 Å². The lowest BCUT2D eigenvalue weighted by atomic mass is 9.57. The topological polar surface area (TPSA) is 64.4 Å². The smallest absolute Gasteiger partial charge is 0.237 e. The van der Waals surface area contributed by atoms with Gasteiger partial charge in [-0.2, -0.15) is 0 Å². The van der Waals surface area contributed by atoms with E-state index in [9.17, 15) is 4.79 Å². The Bertz CT molecular complexity index is 328. The van der Waals surface area contributed by atoms with E-state index in [-0.39, 0.29) is 23.4 Å². The number of ether oxygens (including phenoxy) is 1. The van der Waals surface area contributed by atoms with Gasteiger partial charge < -0.3 is 15.8 Å². The van der Waals surface area contributed by atoms with Crippen LogP contribution in [0.2, 0.25) is 0 Å². The zero-order valence-corrected chi connectivity index (χ0v) is 11.9. The van der Waals surface area contributed by atoms with Crippen LogP contribution in [0.3, 0.4) is 0 Å².